The standard InChI is InChI=1S/C16H12N4O2/c17-8-5-6-12-10(7-8)13(16(21)19-12)15-14(20-22)9-3-1-2-4-11(9)18-15/h1-7,18,22H,17H2,(H,19,21). The molecule has 2 aliphatic rings. The molecule has 108 valence electrons. The van der Waals surface area contributed by atoms with Crippen molar-refractivity contribution < 1.29 is 10.0 Å². The van der Waals surface area contributed by atoms with Crippen molar-refractivity contribution in [3.05, 3.63) is 59.3 Å². The van der Waals surface area contributed by atoms with Crippen molar-refractivity contribution in [3.8, 4) is 0 Å². The summed E-state index contributed by atoms with van der Waals surface area (Å²) in [7, 11) is 0. The number of hydrogen-bond acceptors (Lipinski definition) is 5. The van der Waals surface area contributed by atoms with Crippen molar-refractivity contribution in [2.45, 2.75) is 0 Å². The van der Waals surface area contributed by atoms with Crippen molar-refractivity contribution in [3.63, 3.8) is 0 Å². The second-order valence-corrected chi connectivity index (χ2v) is 5.13. The second kappa shape index (κ2) is 4.36. The molecule has 2 heterocycles. The maximum absolute atomic E-state index is 12.4. The average Bonchev–Trinajstić information content (AvgIpc) is 3.03. The van der Waals surface area contributed by atoms with Crippen molar-refractivity contribution in [1.82, 2.24) is 0 Å². The summed E-state index contributed by atoms with van der Waals surface area (Å²) in [5, 5.41) is 18.7. The van der Waals surface area contributed by atoms with Gasteiger partial charge < -0.3 is 21.6 Å². The van der Waals surface area contributed by atoms with Crippen LogP contribution >= 0.6 is 0 Å². The van der Waals surface area contributed by atoms with Gasteiger partial charge in [-0.05, 0) is 24.3 Å². The summed E-state index contributed by atoms with van der Waals surface area (Å²) in [6, 6.07) is 12.6. The van der Waals surface area contributed by atoms with Crippen LogP contribution in [0.3, 0.4) is 0 Å². The Hall–Kier alpha value is -3.28. The van der Waals surface area contributed by atoms with Crippen LogP contribution in [0, 0.1) is 0 Å². The van der Waals surface area contributed by atoms with Gasteiger partial charge in [0.1, 0.15) is 5.71 Å². The Kier molecular flexibility index (Phi) is 2.47. The van der Waals surface area contributed by atoms with Crippen LogP contribution in [0.15, 0.2) is 53.3 Å². The summed E-state index contributed by atoms with van der Waals surface area (Å²) in [5.74, 6) is -0.253. The molecular weight excluding hydrogens is 280 g/mol. The number of nitrogens with one attached hydrogen (secondary N) is 2. The van der Waals surface area contributed by atoms with Gasteiger partial charge in [0.25, 0.3) is 5.91 Å². The van der Waals surface area contributed by atoms with Gasteiger partial charge in [-0.3, -0.25) is 4.79 Å². The second-order valence-electron chi connectivity index (χ2n) is 5.13. The van der Waals surface area contributed by atoms with Crippen LogP contribution < -0.4 is 16.4 Å². The summed E-state index contributed by atoms with van der Waals surface area (Å²) in [4.78, 5) is 12.4. The number of carbonyl (C=O) groups excluding carboxylic acids is 1. The minimum Gasteiger partial charge on any atom is -0.410 e. The number of fused-ring (bicyclic) bond motifs is 2. The number of allylic oxidation sites excluding steroid dienone is 1. The topological polar surface area (TPSA) is 99.7 Å². The minimum absolute atomic E-state index is 0.253. The Bertz CT molecular complexity index is 883. The van der Waals surface area contributed by atoms with Crippen LogP contribution in [0.5, 0.6) is 0 Å². The lowest BCUT2D eigenvalue weighted by atomic mass is 10.0. The van der Waals surface area contributed by atoms with E-state index in [0.29, 0.717) is 33.9 Å². The molecule has 0 aliphatic carbocycles. The van der Waals surface area contributed by atoms with Crippen LogP contribution in [0.2, 0.25) is 0 Å². The Morgan fingerprint density at radius 1 is 1.00 bits per heavy atom. The lowest BCUT2D eigenvalue weighted by molar-refractivity contribution is -0.110. The molecule has 22 heavy (non-hydrogen) atoms. The first-order chi connectivity index (χ1) is 10.7. The first-order valence-corrected chi connectivity index (χ1v) is 6.73. The van der Waals surface area contributed by atoms with Gasteiger partial charge in [0, 0.05) is 28.2 Å². The molecule has 0 radical (unpaired) electrons. The Morgan fingerprint density at radius 3 is 2.59 bits per heavy atom. The third kappa shape index (κ3) is 1.61. The first kappa shape index (κ1) is 12.5. The maximum Gasteiger partial charge on any atom is 0.258 e. The number of hydrogen-bond donors (Lipinski definition) is 4. The number of nitrogen functional groups attached to an aromatic ring is 1. The van der Waals surface area contributed by atoms with E-state index >= 15 is 0 Å². The summed E-state index contributed by atoms with van der Waals surface area (Å²) in [6.45, 7) is 0. The number of nitrogens with zero attached hydrogens (tertiary/aromatic N) is 1. The molecule has 1 amide bonds. The molecule has 0 saturated carbocycles. The number of nitrogens with two attached hydrogens (primary N) is 1. The van der Waals surface area contributed by atoms with Gasteiger partial charge in [-0.15, -0.1) is 0 Å². The lowest BCUT2D eigenvalue weighted by Gasteiger charge is -2.05. The highest BCUT2D eigenvalue weighted by molar-refractivity contribution is 6.39. The first-order valence-electron chi connectivity index (χ1n) is 6.73. The molecule has 4 rings (SSSR count). The van der Waals surface area contributed by atoms with E-state index in [1.54, 1.807) is 18.2 Å². The zero-order valence-corrected chi connectivity index (χ0v) is 11.4. The quantitative estimate of drug-likeness (QED) is 0.259. The summed E-state index contributed by atoms with van der Waals surface area (Å²) >= 11 is 0. The van der Waals surface area contributed by atoms with Crippen molar-refractivity contribution >= 4 is 34.3 Å². The number of amides is 1. The minimum atomic E-state index is -0.253. The van der Waals surface area contributed by atoms with Crippen LogP contribution in [-0.2, 0) is 4.79 Å². The molecule has 6 heteroatoms. The number of anilines is 3. The van der Waals surface area contributed by atoms with Gasteiger partial charge in [-0.1, -0.05) is 23.4 Å². The lowest BCUT2D eigenvalue weighted by Crippen LogP contribution is -2.12. The number of oxime groups is 1. The SMILES string of the molecule is Nc1ccc2c(c1)C(=C1Nc3ccccc3C1=NO)C(=O)N2. The molecule has 2 aliphatic heterocycles. The smallest absolute Gasteiger partial charge is 0.258 e. The summed E-state index contributed by atoms with van der Waals surface area (Å²) < 4.78 is 0. The maximum atomic E-state index is 12.4. The highest BCUT2D eigenvalue weighted by Crippen LogP contribution is 2.39. The Morgan fingerprint density at radius 2 is 1.77 bits per heavy atom. The fraction of sp³-hybridized carbons (Fsp3) is 0. The number of benzene rings is 2. The van der Waals surface area contributed by atoms with E-state index in [1.165, 1.54) is 0 Å². The van der Waals surface area contributed by atoms with Gasteiger partial charge in [0.15, 0.2) is 0 Å². The highest BCUT2D eigenvalue weighted by Gasteiger charge is 2.34. The molecule has 0 unspecified atom stereocenters. The molecule has 0 fully saturated rings. The van der Waals surface area contributed by atoms with E-state index < -0.39 is 0 Å². The van der Waals surface area contributed by atoms with E-state index in [0.717, 1.165) is 11.3 Å². The molecule has 0 aromatic heterocycles. The fourth-order valence-electron chi connectivity index (χ4n) is 2.84. The van der Waals surface area contributed by atoms with Crippen LogP contribution in [-0.4, -0.2) is 16.8 Å². The molecule has 0 bridgehead atoms. The molecule has 0 atom stereocenters. The number of carbonyl (C=O) groups is 1. The van der Waals surface area contributed by atoms with Gasteiger partial charge >= 0.3 is 0 Å². The molecule has 2 aromatic carbocycles. The van der Waals surface area contributed by atoms with Crippen molar-refractivity contribution in [2.24, 2.45) is 5.16 Å². The predicted octanol–water partition coefficient (Wildman–Crippen LogP) is 2.24. The fourth-order valence-corrected chi connectivity index (χ4v) is 2.84. The monoisotopic (exact) mass is 292 g/mol. The van der Waals surface area contributed by atoms with E-state index in [-0.39, 0.29) is 5.91 Å². The van der Waals surface area contributed by atoms with Gasteiger partial charge in [-0.2, -0.15) is 0 Å². The predicted molar refractivity (Wildman–Crippen MR) is 84.8 cm³/mol. The van der Waals surface area contributed by atoms with Gasteiger partial charge in [0.05, 0.1) is 11.3 Å². The normalized spacial score (nSPS) is 20.5. The zero-order chi connectivity index (χ0) is 15.3. The van der Waals surface area contributed by atoms with Crippen molar-refractivity contribution in [2.75, 3.05) is 16.4 Å². The molecule has 0 spiro atoms. The summed E-state index contributed by atoms with van der Waals surface area (Å²) in [5.41, 5.74) is 10.6. The average molecular weight is 292 g/mol. The third-order valence-electron chi connectivity index (χ3n) is 3.82. The number of rotatable bonds is 0. The van der Waals surface area contributed by atoms with Crippen LogP contribution in [0.25, 0.3) is 5.57 Å². The number of para-hydroxylation sites is 1. The molecular formula is C16H12N4O2. The van der Waals surface area contributed by atoms with E-state index in [2.05, 4.69) is 15.8 Å². The van der Waals surface area contributed by atoms with Crippen LogP contribution in [0.4, 0.5) is 17.1 Å². The zero-order valence-electron chi connectivity index (χ0n) is 11.4. The molecule has 0 saturated heterocycles. The third-order valence-corrected chi connectivity index (χ3v) is 3.82. The molecule has 2 aromatic rings. The largest absolute Gasteiger partial charge is 0.410 e. The Labute approximate surface area is 125 Å². The van der Waals surface area contributed by atoms with Gasteiger partial charge in [-0.25, -0.2) is 0 Å². The van der Waals surface area contributed by atoms with E-state index in [4.69, 9.17) is 5.73 Å². The summed E-state index contributed by atoms with van der Waals surface area (Å²) in [6.07, 6.45) is 0. The Balaban J connectivity index is 1.97. The van der Waals surface area contributed by atoms with E-state index in [1.807, 2.05) is 24.3 Å². The molecule has 6 nitrogen and oxygen atoms in total. The highest BCUT2D eigenvalue weighted by atomic mass is 16.4. The van der Waals surface area contributed by atoms with Crippen molar-refractivity contribution in [1.29, 1.82) is 0 Å². The van der Waals surface area contributed by atoms with E-state index in [9.17, 15) is 10.0 Å². The van der Waals surface area contributed by atoms with Gasteiger partial charge in [0.2, 0.25) is 0 Å². The van der Waals surface area contributed by atoms with Crippen LogP contribution in [0.1, 0.15) is 11.1 Å². The molecule has 5 N–H and O–H groups in total.